The van der Waals surface area contributed by atoms with Gasteiger partial charge in [-0.15, -0.1) is 0 Å². The zero-order chi connectivity index (χ0) is 14.7. The van der Waals surface area contributed by atoms with E-state index in [2.05, 4.69) is 15.6 Å². The molecule has 1 fully saturated rings. The van der Waals surface area contributed by atoms with E-state index >= 15 is 0 Å². The second kappa shape index (κ2) is 5.94. The van der Waals surface area contributed by atoms with E-state index in [4.69, 9.17) is 9.52 Å². The minimum Gasteiger partial charge on any atom is -0.481 e. The summed E-state index contributed by atoms with van der Waals surface area (Å²) < 4.78 is 5.35. The Morgan fingerprint density at radius 2 is 2.15 bits per heavy atom. The van der Waals surface area contributed by atoms with Gasteiger partial charge in [0.25, 0.3) is 0 Å². The van der Waals surface area contributed by atoms with Gasteiger partial charge in [0.05, 0.1) is 18.2 Å². The lowest BCUT2D eigenvalue weighted by molar-refractivity contribution is -0.142. The molecule has 0 aromatic carbocycles. The Morgan fingerprint density at radius 3 is 2.75 bits per heavy atom. The summed E-state index contributed by atoms with van der Waals surface area (Å²) in [6, 6.07) is -0.697. The number of aryl methyl sites for hydroxylation is 2. The number of rotatable bonds is 4. The average molecular weight is 281 g/mol. The van der Waals surface area contributed by atoms with Crippen LogP contribution in [-0.4, -0.2) is 28.1 Å². The third-order valence-electron chi connectivity index (χ3n) is 3.62. The van der Waals surface area contributed by atoms with Crippen molar-refractivity contribution >= 4 is 12.0 Å². The van der Waals surface area contributed by atoms with E-state index in [1.807, 2.05) is 13.8 Å². The van der Waals surface area contributed by atoms with Crippen LogP contribution in [0, 0.1) is 19.8 Å². The molecule has 0 radical (unpaired) electrons. The van der Waals surface area contributed by atoms with Crippen molar-refractivity contribution in [3.63, 3.8) is 0 Å². The van der Waals surface area contributed by atoms with Crippen molar-refractivity contribution in [3.05, 3.63) is 17.3 Å². The molecule has 2 atom stereocenters. The van der Waals surface area contributed by atoms with Gasteiger partial charge in [0.15, 0.2) is 0 Å². The molecule has 7 heteroatoms. The van der Waals surface area contributed by atoms with Crippen LogP contribution in [0.3, 0.4) is 0 Å². The summed E-state index contributed by atoms with van der Waals surface area (Å²) in [7, 11) is 0. The second-order valence-electron chi connectivity index (χ2n) is 5.06. The highest BCUT2D eigenvalue weighted by Gasteiger charge is 2.33. The van der Waals surface area contributed by atoms with Crippen LogP contribution >= 0.6 is 0 Å². The Labute approximate surface area is 116 Å². The molecular weight excluding hydrogens is 262 g/mol. The molecule has 1 aromatic heterocycles. The van der Waals surface area contributed by atoms with Gasteiger partial charge in [-0.05, 0) is 26.7 Å². The molecule has 0 bridgehead atoms. The molecule has 2 rings (SSSR count). The van der Waals surface area contributed by atoms with Gasteiger partial charge in [-0.25, -0.2) is 9.78 Å². The number of nitrogens with one attached hydrogen (secondary N) is 2. The highest BCUT2D eigenvalue weighted by molar-refractivity contribution is 5.76. The first-order valence-corrected chi connectivity index (χ1v) is 6.67. The summed E-state index contributed by atoms with van der Waals surface area (Å²) in [4.78, 5) is 26.9. The molecule has 2 unspecified atom stereocenters. The predicted octanol–water partition coefficient (Wildman–Crippen LogP) is 1.34. The van der Waals surface area contributed by atoms with Gasteiger partial charge in [0.1, 0.15) is 5.76 Å². The lowest BCUT2D eigenvalue weighted by Gasteiger charge is -2.17. The van der Waals surface area contributed by atoms with Gasteiger partial charge in [-0.3, -0.25) is 4.79 Å². The second-order valence-corrected chi connectivity index (χ2v) is 5.06. The Kier molecular flexibility index (Phi) is 4.26. The molecule has 0 spiro atoms. The normalized spacial score (nSPS) is 21.7. The van der Waals surface area contributed by atoms with Crippen molar-refractivity contribution in [2.75, 3.05) is 0 Å². The highest BCUT2D eigenvalue weighted by Crippen LogP contribution is 2.25. The summed E-state index contributed by atoms with van der Waals surface area (Å²) >= 11 is 0. The molecule has 2 amide bonds. The summed E-state index contributed by atoms with van der Waals surface area (Å²) in [6.07, 6.45) is 2.13. The molecule has 3 N–H and O–H groups in total. The summed E-state index contributed by atoms with van der Waals surface area (Å²) in [5.74, 6) is -0.181. The molecule has 20 heavy (non-hydrogen) atoms. The number of urea groups is 1. The molecule has 1 heterocycles. The standard InChI is InChI=1S/C13H19N3O4/c1-7-8(2)20-11(15-7)6-14-13(19)16-10-5-3-4-9(10)12(17)18/h9-10H,3-6H2,1-2H3,(H,17,18)(H2,14,16,19). The number of nitrogens with zero attached hydrogens (tertiary/aromatic N) is 1. The molecule has 0 saturated heterocycles. The van der Waals surface area contributed by atoms with Crippen LogP contribution < -0.4 is 10.6 Å². The first-order valence-electron chi connectivity index (χ1n) is 6.67. The number of aliphatic carboxylic acids is 1. The van der Waals surface area contributed by atoms with Crippen LogP contribution in [0.25, 0.3) is 0 Å². The molecule has 1 aliphatic carbocycles. The number of oxazole rings is 1. The van der Waals surface area contributed by atoms with Gasteiger partial charge in [-0.1, -0.05) is 6.42 Å². The molecule has 7 nitrogen and oxygen atoms in total. The first kappa shape index (κ1) is 14.4. The number of carboxylic acid groups (broad SMARTS) is 1. The monoisotopic (exact) mass is 281 g/mol. The third kappa shape index (κ3) is 3.28. The van der Waals surface area contributed by atoms with E-state index in [9.17, 15) is 9.59 Å². The molecule has 1 aliphatic rings. The Hall–Kier alpha value is -2.05. The molecule has 0 aliphatic heterocycles. The number of carboxylic acids is 1. The maximum atomic E-state index is 11.7. The first-order chi connectivity index (χ1) is 9.47. The van der Waals surface area contributed by atoms with E-state index in [0.29, 0.717) is 18.7 Å². The minimum absolute atomic E-state index is 0.185. The van der Waals surface area contributed by atoms with Gasteiger partial charge >= 0.3 is 12.0 Å². The zero-order valence-corrected chi connectivity index (χ0v) is 11.6. The number of aromatic nitrogens is 1. The summed E-state index contributed by atoms with van der Waals surface area (Å²) in [5, 5.41) is 14.4. The van der Waals surface area contributed by atoms with E-state index in [-0.39, 0.29) is 12.6 Å². The smallest absolute Gasteiger partial charge is 0.315 e. The number of hydrogen-bond donors (Lipinski definition) is 3. The van der Waals surface area contributed by atoms with Crippen molar-refractivity contribution in [2.24, 2.45) is 5.92 Å². The summed E-state index contributed by atoms with van der Waals surface area (Å²) in [6.45, 7) is 3.82. The average Bonchev–Trinajstić information content (AvgIpc) is 2.95. The molecule has 1 aromatic rings. The van der Waals surface area contributed by atoms with E-state index < -0.39 is 17.9 Å². The van der Waals surface area contributed by atoms with Crippen molar-refractivity contribution in [2.45, 2.75) is 45.7 Å². The zero-order valence-electron chi connectivity index (χ0n) is 11.6. The number of carbonyl (C=O) groups excluding carboxylic acids is 1. The highest BCUT2D eigenvalue weighted by atomic mass is 16.4. The number of amides is 2. The van der Waals surface area contributed by atoms with Gasteiger partial charge in [0, 0.05) is 6.04 Å². The fourth-order valence-corrected chi connectivity index (χ4v) is 2.42. The van der Waals surface area contributed by atoms with Gasteiger partial charge < -0.3 is 20.2 Å². The van der Waals surface area contributed by atoms with Crippen molar-refractivity contribution in [3.8, 4) is 0 Å². The number of carbonyl (C=O) groups is 2. The Bertz CT molecular complexity index is 492. The fraction of sp³-hybridized carbons (Fsp3) is 0.615. The SMILES string of the molecule is Cc1nc(CNC(=O)NC2CCCC2C(=O)O)oc1C. The van der Waals surface area contributed by atoms with E-state index in [1.54, 1.807) is 0 Å². The molecule has 110 valence electrons. The lowest BCUT2D eigenvalue weighted by Crippen LogP contribution is -2.45. The lowest BCUT2D eigenvalue weighted by atomic mass is 10.0. The third-order valence-corrected chi connectivity index (χ3v) is 3.62. The van der Waals surface area contributed by atoms with Crippen molar-refractivity contribution in [1.29, 1.82) is 0 Å². The van der Waals surface area contributed by atoms with Gasteiger partial charge in [-0.2, -0.15) is 0 Å². The van der Waals surface area contributed by atoms with E-state index in [0.717, 1.165) is 17.9 Å². The van der Waals surface area contributed by atoms with Crippen molar-refractivity contribution in [1.82, 2.24) is 15.6 Å². The van der Waals surface area contributed by atoms with Gasteiger partial charge in [0.2, 0.25) is 5.89 Å². The quantitative estimate of drug-likeness (QED) is 0.772. The maximum absolute atomic E-state index is 11.7. The maximum Gasteiger partial charge on any atom is 0.315 e. The van der Waals surface area contributed by atoms with Crippen LogP contribution in [0.1, 0.15) is 36.6 Å². The van der Waals surface area contributed by atoms with Crippen LogP contribution in [0.4, 0.5) is 4.79 Å². The Morgan fingerprint density at radius 1 is 1.40 bits per heavy atom. The largest absolute Gasteiger partial charge is 0.481 e. The van der Waals surface area contributed by atoms with Crippen LogP contribution in [0.5, 0.6) is 0 Å². The van der Waals surface area contributed by atoms with Crippen LogP contribution in [-0.2, 0) is 11.3 Å². The fourth-order valence-electron chi connectivity index (χ4n) is 2.42. The summed E-state index contributed by atoms with van der Waals surface area (Å²) in [5.41, 5.74) is 0.795. The molecule has 1 saturated carbocycles. The molecular formula is C13H19N3O4. The topological polar surface area (TPSA) is 104 Å². The Balaban J connectivity index is 1.82. The predicted molar refractivity (Wildman–Crippen MR) is 70.1 cm³/mol. The number of hydrogen-bond acceptors (Lipinski definition) is 4. The van der Waals surface area contributed by atoms with E-state index in [1.165, 1.54) is 0 Å². The van der Waals surface area contributed by atoms with Crippen molar-refractivity contribution < 1.29 is 19.1 Å². The van der Waals surface area contributed by atoms with Crippen LogP contribution in [0.15, 0.2) is 4.42 Å². The minimum atomic E-state index is -0.855. The van der Waals surface area contributed by atoms with Crippen LogP contribution in [0.2, 0.25) is 0 Å².